The molecule has 1 rings (SSSR count). The number of hydrogen-bond donors (Lipinski definition) is 0. The van der Waals surface area contributed by atoms with E-state index in [0.29, 0.717) is 0 Å². The molecule has 3 heteroatoms. The van der Waals surface area contributed by atoms with Crippen molar-refractivity contribution < 1.29 is 24.6 Å². The Morgan fingerprint density at radius 1 is 0.812 bits per heavy atom. The summed E-state index contributed by atoms with van der Waals surface area (Å²) in [6.45, 7) is 15.5. The molecule has 0 radical (unpaired) electrons. The van der Waals surface area contributed by atoms with Crippen molar-refractivity contribution in [1.29, 1.82) is 0 Å². The van der Waals surface area contributed by atoms with Gasteiger partial charge >= 0.3 is 118 Å². The Morgan fingerprint density at radius 3 is 1.50 bits per heavy atom. The molecule has 0 unspecified atom stereocenters. The molecule has 0 aromatic rings. The van der Waals surface area contributed by atoms with Gasteiger partial charge in [-0.3, -0.25) is 0 Å². The molecular formula is C13H30HgSi2. The molecule has 0 amide bonds. The molecule has 0 aliphatic carbocycles. The molecule has 0 aromatic heterocycles. The zero-order valence-corrected chi connectivity index (χ0v) is 19.9. The second-order valence-electron chi connectivity index (χ2n) is 8.54. The third-order valence-electron chi connectivity index (χ3n) is 3.72. The zero-order valence-electron chi connectivity index (χ0n) is 12.4. The Kier molecular flexibility index (Phi) is 5.36. The van der Waals surface area contributed by atoms with Crippen LogP contribution in [0.1, 0.15) is 12.8 Å². The Labute approximate surface area is 117 Å². The molecule has 1 saturated heterocycles. The van der Waals surface area contributed by atoms with E-state index in [4.69, 9.17) is 0 Å². The van der Waals surface area contributed by atoms with E-state index in [1.807, 2.05) is 0 Å². The summed E-state index contributed by atoms with van der Waals surface area (Å²) in [6.07, 6.45) is 3.28. The minimum atomic E-state index is -0.870. The van der Waals surface area contributed by atoms with Gasteiger partial charge in [0.15, 0.2) is 0 Å². The second-order valence-corrected chi connectivity index (χ2v) is 27.7. The molecule has 1 fully saturated rings. The van der Waals surface area contributed by atoms with Gasteiger partial charge in [-0.1, -0.05) is 0 Å². The van der Waals surface area contributed by atoms with E-state index in [1.54, 1.807) is 32.8 Å². The van der Waals surface area contributed by atoms with Gasteiger partial charge in [0.05, 0.1) is 0 Å². The molecule has 0 nitrogen and oxygen atoms in total. The molecule has 16 heavy (non-hydrogen) atoms. The van der Waals surface area contributed by atoms with Gasteiger partial charge in [0, 0.05) is 0 Å². The molecule has 1 heterocycles. The van der Waals surface area contributed by atoms with Crippen LogP contribution in [0.15, 0.2) is 0 Å². The molecular weight excluding hydrogens is 413 g/mol. The molecule has 0 N–H and O–H groups in total. The van der Waals surface area contributed by atoms with Crippen molar-refractivity contribution >= 4 is 16.1 Å². The van der Waals surface area contributed by atoms with E-state index < -0.39 is 16.1 Å². The van der Waals surface area contributed by atoms with Crippen LogP contribution < -0.4 is 0 Å². The second kappa shape index (κ2) is 5.56. The van der Waals surface area contributed by atoms with Gasteiger partial charge in [0.25, 0.3) is 0 Å². The Bertz CT molecular complexity index is 201. The van der Waals surface area contributed by atoms with Crippen molar-refractivity contribution in [2.75, 3.05) is 0 Å². The Morgan fingerprint density at radius 2 is 1.19 bits per heavy atom. The summed E-state index contributed by atoms with van der Waals surface area (Å²) in [5.41, 5.74) is 0.827. The molecule has 0 aromatic carbocycles. The van der Waals surface area contributed by atoms with Gasteiger partial charge in [-0.2, -0.15) is 0 Å². The van der Waals surface area contributed by atoms with E-state index in [-0.39, 0.29) is 24.6 Å². The molecule has 0 atom stereocenters. The maximum absolute atomic E-state index is 2.58. The summed E-state index contributed by atoms with van der Waals surface area (Å²) in [7, 11) is -1.74. The van der Waals surface area contributed by atoms with E-state index in [0.717, 1.165) is 5.41 Å². The van der Waals surface area contributed by atoms with E-state index in [9.17, 15) is 0 Å². The average molecular weight is 443 g/mol. The van der Waals surface area contributed by atoms with Crippen molar-refractivity contribution in [2.24, 2.45) is 5.41 Å². The van der Waals surface area contributed by atoms with Crippen LogP contribution in [-0.4, -0.2) is 16.1 Å². The molecule has 1 aliphatic rings. The number of hydrogen-bond acceptors (Lipinski definition) is 0. The summed E-state index contributed by atoms with van der Waals surface area (Å²) >= 11 is -0.317. The van der Waals surface area contributed by atoms with Crippen LogP contribution in [0.4, 0.5) is 0 Å². The minimum absolute atomic E-state index is 0.317. The average Bonchev–Trinajstić information content (AvgIpc) is 1.97. The van der Waals surface area contributed by atoms with Crippen molar-refractivity contribution in [2.45, 2.75) is 72.1 Å². The van der Waals surface area contributed by atoms with E-state index in [1.165, 1.54) is 0 Å². The Hall–Kier alpha value is 1.37. The summed E-state index contributed by atoms with van der Waals surface area (Å²) < 4.78 is 3.46. The van der Waals surface area contributed by atoms with Gasteiger partial charge in [-0.25, -0.2) is 0 Å². The van der Waals surface area contributed by atoms with Crippen LogP contribution in [0.2, 0.25) is 59.2 Å². The van der Waals surface area contributed by atoms with Crippen molar-refractivity contribution in [3.05, 3.63) is 0 Å². The first-order chi connectivity index (χ1) is 7.12. The third-order valence-corrected chi connectivity index (χ3v) is 14.0. The van der Waals surface area contributed by atoms with Crippen LogP contribution in [0.3, 0.4) is 0 Å². The predicted molar refractivity (Wildman–Crippen MR) is 77.6 cm³/mol. The Balaban J connectivity index is 2.75. The van der Waals surface area contributed by atoms with Crippen LogP contribution >= 0.6 is 0 Å². The first-order valence-electron chi connectivity index (χ1n) is 7.12. The molecule has 0 spiro atoms. The zero-order chi connectivity index (χ0) is 12.4. The van der Waals surface area contributed by atoms with E-state index >= 15 is 0 Å². The fourth-order valence-corrected chi connectivity index (χ4v) is 18.8. The number of rotatable bonds is 4. The van der Waals surface area contributed by atoms with E-state index in [2.05, 4.69) is 39.3 Å². The first-order valence-corrected chi connectivity index (χ1v) is 22.3. The summed E-state index contributed by atoms with van der Waals surface area (Å²) in [5, 5.41) is 0. The summed E-state index contributed by atoms with van der Waals surface area (Å²) in [6, 6.07) is 3.25. The summed E-state index contributed by atoms with van der Waals surface area (Å²) in [4.78, 5) is 0. The van der Waals surface area contributed by atoms with Gasteiger partial charge < -0.3 is 0 Å². The summed E-state index contributed by atoms with van der Waals surface area (Å²) in [5.74, 6) is 0. The van der Waals surface area contributed by atoms with Crippen molar-refractivity contribution in [3.8, 4) is 0 Å². The normalized spacial score (nSPS) is 21.1. The van der Waals surface area contributed by atoms with Crippen molar-refractivity contribution in [1.82, 2.24) is 0 Å². The first kappa shape index (κ1) is 15.4. The predicted octanol–water partition coefficient (Wildman–Crippen LogP) is 5.36. The van der Waals surface area contributed by atoms with Crippen LogP contribution in [-0.2, 0) is 24.6 Å². The van der Waals surface area contributed by atoms with Crippen LogP contribution in [0.5, 0.6) is 0 Å². The standard InChI is InChI=1S/C13H30Si2.Hg/c1-9-13(10-2,11-14(3,4)5)12-15(6,7)8;/h1-2,9-12H2,3-8H3;. The SMILES string of the molecule is C[Si](C)(C)CC1(C[Si](C)(C)C)C[CH2][Hg][CH2]C1. The topological polar surface area (TPSA) is 0 Å². The molecule has 0 saturated carbocycles. The molecule has 0 bridgehead atoms. The maximum atomic E-state index is 2.58. The van der Waals surface area contributed by atoms with Gasteiger partial charge in [0.2, 0.25) is 0 Å². The fraction of sp³-hybridized carbons (Fsp3) is 1.00. The fourth-order valence-electron chi connectivity index (χ4n) is 3.97. The third kappa shape index (κ3) is 5.81. The van der Waals surface area contributed by atoms with Crippen LogP contribution in [0.25, 0.3) is 0 Å². The monoisotopic (exact) mass is 444 g/mol. The quantitative estimate of drug-likeness (QED) is 0.514. The molecule has 92 valence electrons. The van der Waals surface area contributed by atoms with Gasteiger partial charge in [0.1, 0.15) is 0 Å². The molecule has 1 aliphatic heterocycles. The van der Waals surface area contributed by atoms with Gasteiger partial charge in [-0.05, 0) is 0 Å². The van der Waals surface area contributed by atoms with Crippen molar-refractivity contribution in [3.63, 3.8) is 0 Å². The van der Waals surface area contributed by atoms with Gasteiger partial charge in [-0.15, -0.1) is 0 Å². The van der Waals surface area contributed by atoms with Crippen LogP contribution in [0, 0.1) is 5.41 Å².